The van der Waals surface area contributed by atoms with E-state index < -0.39 is 5.91 Å². The van der Waals surface area contributed by atoms with Crippen LogP contribution in [0.5, 0.6) is 0 Å². The average Bonchev–Trinajstić information content (AvgIpc) is 2.93. The van der Waals surface area contributed by atoms with Gasteiger partial charge >= 0.3 is 0 Å². The molecule has 136 valence electrons. The third kappa shape index (κ3) is 3.59. The molecule has 2 heterocycles. The highest BCUT2D eigenvalue weighted by atomic mass is 16.2. The van der Waals surface area contributed by atoms with E-state index in [1.807, 2.05) is 31.2 Å². The third-order valence-electron chi connectivity index (χ3n) is 4.65. The molecule has 2 N–H and O–H groups in total. The van der Waals surface area contributed by atoms with E-state index in [4.69, 9.17) is 5.73 Å². The third-order valence-corrected chi connectivity index (χ3v) is 4.65. The van der Waals surface area contributed by atoms with Gasteiger partial charge in [0, 0.05) is 17.7 Å². The molecule has 1 aliphatic heterocycles. The number of aryl methyl sites for hydroxylation is 1. The molecular formula is C20H24N4O2. The molecule has 6 nitrogen and oxygen atoms in total. The van der Waals surface area contributed by atoms with Gasteiger partial charge in [0.15, 0.2) is 5.82 Å². The van der Waals surface area contributed by atoms with Crippen molar-refractivity contribution >= 4 is 17.6 Å². The molecule has 6 heteroatoms. The highest BCUT2D eigenvalue weighted by Crippen LogP contribution is 2.31. The Morgan fingerprint density at radius 2 is 1.88 bits per heavy atom. The van der Waals surface area contributed by atoms with Crippen molar-refractivity contribution in [2.24, 2.45) is 5.73 Å². The van der Waals surface area contributed by atoms with Crippen LogP contribution in [0, 0.1) is 6.92 Å². The molecule has 0 fully saturated rings. The Kier molecular flexibility index (Phi) is 5.30. The summed E-state index contributed by atoms with van der Waals surface area (Å²) in [5, 5.41) is 0. The predicted molar refractivity (Wildman–Crippen MR) is 101 cm³/mol. The summed E-state index contributed by atoms with van der Waals surface area (Å²) in [5.41, 5.74) is 8.15. The molecule has 0 saturated carbocycles. The molecule has 26 heavy (non-hydrogen) atoms. The van der Waals surface area contributed by atoms with E-state index in [1.54, 1.807) is 4.90 Å². The van der Waals surface area contributed by atoms with E-state index in [1.165, 1.54) is 0 Å². The van der Waals surface area contributed by atoms with Crippen LogP contribution in [-0.2, 0) is 11.2 Å². The number of amides is 2. The van der Waals surface area contributed by atoms with Crippen LogP contribution in [0.2, 0.25) is 0 Å². The van der Waals surface area contributed by atoms with Crippen LogP contribution in [0.3, 0.4) is 0 Å². The number of carbonyl (C=O) groups is 2. The van der Waals surface area contributed by atoms with Gasteiger partial charge < -0.3 is 5.73 Å². The smallest absolute Gasteiger partial charge is 0.267 e. The van der Waals surface area contributed by atoms with Crippen molar-refractivity contribution < 1.29 is 9.59 Å². The van der Waals surface area contributed by atoms with Gasteiger partial charge in [0.05, 0.1) is 6.42 Å². The number of nitrogens with two attached hydrogens (primary N) is 1. The fourth-order valence-corrected chi connectivity index (χ4v) is 3.19. The Hall–Kier alpha value is -2.76. The summed E-state index contributed by atoms with van der Waals surface area (Å²) < 4.78 is 0. The largest absolute Gasteiger partial charge is 0.364 e. The first kappa shape index (κ1) is 18.0. The molecule has 3 rings (SSSR count). The SMILES string of the molecule is CCCCCCN1C(=O)Cc2c(C(N)=O)nc(-c3ccc(C)cc3)nc21. The maximum atomic E-state index is 12.5. The molecule has 0 aliphatic carbocycles. The molecule has 0 radical (unpaired) electrons. The van der Waals surface area contributed by atoms with Crippen molar-refractivity contribution in [2.45, 2.75) is 46.0 Å². The van der Waals surface area contributed by atoms with Crippen molar-refractivity contribution in [3.63, 3.8) is 0 Å². The molecule has 0 spiro atoms. The standard InChI is InChI=1S/C20H24N4O2/c1-3-4-5-6-11-24-16(25)12-15-17(18(21)26)22-19(23-20(15)24)14-9-7-13(2)8-10-14/h7-10H,3-6,11-12H2,1-2H3,(H2,21,26). The molecule has 2 aromatic rings. The average molecular weight is 352 g/mol. The topological polar surface area (TPSA) is 89.2 Å². The van der Waals surface area contributed by atoms with Gasteiger partial charge in [-0.25, -0.2) is 9.97 Å². The summed E-state index contributed by atoms with van der Waals surface area (Å²) in [6, 6.07) is 7.74. The van der Waals surface area contributed by atoms with E-state index in [9.17, 15) is 9.59 Å². The number of benzene rings is 1. The summed E-state index contributed by atoms with van der Waals surface area (Å²) in [4.78, 5) is 35.0. The summed E-state index contributed by atoms with van der Waals surface area (Å²) in [6.45, 7) is 4.75. The number of primary amides is 1. The summed E-state index contributed by atoms with van der Waals surface area (Å²) >= 11 is 0. The van der Waals surface area contributed by atoms with E-state index in [2.05, 4.69) is 16.9 Å². The second-order valence-corrected chi connectivity index (χ2v) is 6.71. The van der Waals surface area contributed by atoms with Gasteiger partial charge in [0.2, 0.25) is 5.91 Å². The van der Waals surface area contributed by atoms with Crippen molar-refractivity contribution in [1.29, 1.82) is 0 Å². The van der Waals surface area contributed by atoms with Crippen molar-refractivity contribution in [1.82, 2.24) is 9.97 Å². The Morgan fingerprint density at radius 3 is 2.54 bits per heavy atom. The number of unbranched alkanes of at least 4 members (excludes halogenated alkanes) is 3. The van der Waals surface area contributed by atoms with Gasteiger partial charge in [-0.1, -0.05) is 56.0 Å². The van der Waals surface area contributed by atoms with Crippen LogP contribution in [0.4, 0.5) is 5.82 Å². The van der Waals surface area contributed by atoms with E-state index in [0.717, 1.165) is 36.8 Å². The lowest BCUT2D eigenvalue weighted by Gasteiger charge is -2.17. The van der Waals surface area contributed by atoms with E-state index in [0.29, 0.717) is 23.8 Å². The number of rotatable bonds is 7. The summed E-state index contributed by atoms with van der Waals surface area (Å²) in [6.07, 6.45) is 4.38. The van der Waals surface area contributed by atoms with Crippen LogP contribution in [0.15, 0.2) is 24.3 Å². The molecule has 2 amide bonds. The van der Waals surface area contributed by atoms with Gasteiger partial charge in [-0.05, 0) is 13.3 Å². The van der Waals surface area contributed by atoms with Gasteiger partial charge in [-0.3, -0.25) is 14.5 Å². The van der Waals surface area contributed by atoms with Crippen LogP contribution in [-0.4, -0.2) is 28.3 Å². The van der Waals surface area contributed by atoms with E-state index >= 15 is 0 Å². The molecule has 0 atom stereocenters. The van der Waals surface area contributed by atoms with Gasteiger partial charge in [-0.2, -0.15) is 0 Å². The quantitative estimate of drug-likeness (QED) is 0.776. The zero-order valence-corrected chi connectivity index (χ0v) is 15.3. The molecule has 0 saturated heterocycles. The highest BCUT2D eigenvalue weighted by Gasteiger charge is 2.33. The molecule has 0 bridgehead atoms. The summed E-state index contributed by atoms with van der Waals surface area (Å²) in [7, 11) is 0. The number of anilines is 1. The van der Waals surface area contributed by atoms with Crippen LogP contribution >= 0.6 is 0 Å². The Balaban J connectivity index is 1.99. The monoisotopic (exact) mass is 352 g/mol. The first-order chi connectivity index (χ1) is 12.5. The number of nitrogens with zero attached hydrogens (tertiary/aromatic N) is 3. The zero-order chi connectivity index (χ0) is 18.7. The van der Waals surface area contributed by atoms with Crippen LogP contribution < -0.4 is 10.6 Å². The van der Waals surface area contributed by atoms with Crippen molar-refractivity contribution in [3.8, 4) is 11.4 Å². The first-order valence-corrected chi connectivity index (χ1v) is 9.09. The summed E-state index contributed by atoms with van der Waals surface area (Å²) in [5.74, 6) is 0.281. The fraction of sp³-hybridized carbons (Fsp3) is 0.400. The number of aromatic nitrogens is 2. The minimum atomic E-state index is -0.627. The Labute approximate surface area is 153 Å². The Morgan fingerprint density at radius 1 is 1.15 bits per heavy atom. The van der Waals surface area contributed by atoms with Gasteiger partial charge in [0.1, 0.15) is 11.5 Å². The van der Waals surface area contributed by atoms with Crippen LogP contribution in [0.1, 0.15) is 54.2 Å². The number of fused-ring (bicyclic) bond motifs is 1. The minimum absolute atomic E-state index is 0.0469. The number of hydrogen-bond donors (Lipinski definition) is 1. The van der Waals surface area contributed by atoms with Crippen molar-refractivity contribution in [2.75, 3.05) is 11.4 Å². The van der Waals surface area contributed by atoms with Crippen LogP contribution in [0.25, 0.3) is 11.4 Å². The molecule has 1 aromatic carbocycles. The molecule has 0 unspecified atom stereocenters. The van der Waals surface area contributed by atoms with Crippen molar-refractivity contribution in [3.05, 3.63) is 41.1 Å². The molecular weight excluding hydrogens is 328 g/mol. The van der Waals surface area contributed by atoms with E-state index in [-0.39, 0.29) is 18.0 Å². The normalized spacial score (nSPS) is 13.2. The lowest BCUT2D eigenvalue weighted by molar-refractivity contribution is -0.117. The minimum Gasteiger partial charge on any atom is -0.364 e. The van der Waals surface area contributed by atoms with Gasteiger partial charge in [-0.15, -0.1) is 0 Å². The first-order valence-electron chi connectivity index (χ1n) is 9.09. The highest BCUT2D eigenvalue weighted by molar-refractivity contribution is 6.05. The molecule has 1 aromatic heterocycles. The second-order valence-electron chi connectivity index (χ2n) is 6.71. The number of hydrogen-bond acceptors (Lipinski definition) is 4. The maximum absolute atomic E-state index is 12.5. The lowest BCUT2D eigenvalue weighted by Crippen LogP contribution is -2.28. The zero-order valence-electron chi connectivity index (χ0n) is 15.3. The second kappa shape index (κ2) is 7.64. The fourth-order valence-electron chi connectivity index (χ4n) is 3.19. The number of carbonyl (C=O) groups excluding carboxylic acids is 2. The van der Waals surface area contributed by atoms with Gasteiger partial charge in [0.25, 0.3) is 5.91 Å². The molecule has 1 aliphatic rings. The lowest BCUT2D eigenvalue weighted by atomic mass is 10.1. The predicted octanol–water partition coefficient (Wildman–Crippen LogP) is 3.02. The maximum Gasteiger partial charge on any atom is 0.267 e. The Bertz CT molecular complexity index is 830.